The second-order valence-corrected chi connectivity index (χ2v) is 6.67. The van der Waals surface area contributed by atoms with Crippen molar-refractivity contribution >= 4 is 17.3 Å². The van der Waals surface area contributed by atoms with Crippen LogP contribution in [0.1, 0.15) is 29.9 Å². The fourth-order valence-corrected chi connectivity index (χ4v) is 2.99. The van der Waals surface area contributed by atoms with Crippen molar-refractivity contribution in [1.29, 1.82) is 5.26 Å². The quantitative estimate of drug-likeness (QED) is 0.547. The van der Waals surface area contributed by atoms with Gasteiger partial charge >= 0.3 is 0 Å². The van der Waals surface area contributed by atoms with E-state index in [1.165, 1.54) is 29.5 Å². The molecule has 5 nitrogen and oxygen atoms in total. The van der Waals surface area contributed by atoms with Crippen LogP contribution in [0.25, 0.3) is 0 Å². The molecule has 1 heterocycles. The van der Waals surface area contributed by atoms with Gasteiger partial charge in [0, 0.05) is 17.0 Å². The molecule has 7 heteroatoms. The van der Waals surface area contributed by atoms with Gasteiger partial charge in [0.05, 0.1) is 24.7 Å². The number of benzene rings is 1. The Bertz CT molecular complexity index is 766. The lowest BCUT2D eigenvalue weighted by Gasteiger charge is -2.23. The smallest absolute Gasteiger partial charge is 0.191 e. The maximum absolute atomic E-state index is 13.8. The molecule has 0 spiro atoms. The summed E-state index contributed by atoms with van der Waals surface area (Å²) in [5.74, 6) is 0.0743. The van der Waals surface area contributed by atoms with E-state index in [1.807, 2.05) is 30.5 Å². The number of guanidine groups is 1. The minimum atomic E-state index is -1.03. The van der Waals surface area contributed by atoms with Gasteiger partial charge in [0.2, 0.25) is 0 Å². The minimum Gasteiger partial charge on any atom is -0.383 e. The van der Waals surface area contributed by atoms with Crippen LogP contribution in [0.2, 0.25) is 0 Å². The second-order valence-electron chi connectivity index (χ2n) is 5.72. The predicted octanol–water partition coefficient (Wildman–Crippen LogP) is 2.72. The first kappa shape index (κ1) is 18.9. The average molecular weight is 360 g/mol. The van der Waals surface area contributed by atoms with E-state index in [9.17, 15) is 9.50 Å². The fraction of sp³-hybridized carbons (Fsp3) is 0.333. The van der Waals surface area contributed by atoms with Crippen molar-refractivity contribution in [2.45, 2.75) is 26.0 Å². The van der Waals surface area contributed by atoms with Crippen molar-refractivity contribution < 1.29 is 9.50 Å². The van der Waals surface area contributed by atoms with E-state index in [4.69, 9.17) is 5.26 Å². The Labute approximate surface area is 150 Å². The van der Waals surface area contributed by atoms with E-state index in [0.717, 1.165) is 4.88 Å². The summed E-state index contributed by atoms with van der Waals surface area (Å²) in [6.07, 6.45) is 0. The van der Waals surface area contributed by atoms with Gasteiger partial charge in [-0.2, -0.15) is 5.26 Å². The summed E-state index contributed by atoms with van der Waals surface area (Å²) in [5.41, 5.74) is -0.289. The van der Waals surface area contributed by atoms with Gasteiger partial charge in [0.25, 0.3) is 0 Å². The zero-order valence-electron chi connectivity index (χ0n) is 14.2. The molecule has 1 aromatic heterocycles. The number of aliphatic hydroxyl groups is 1. The van der Waals surface area contributed by atoms with E-state index in [0.29, 0.717) is 23.6 Å². The van der Waals surface area contributed by atoms with E-state index >= 15 is 0 Å². The molecule has 0 fully saturated rings. The lowest BCUT2D eigenvalue weighted by atomic mass is 10.1. The van der Waals surface area contributed by atoms with E-state index < -0.39 is 11.4 Å². The molecule has 0 aliphatic rings. The number of rotatable bonds is 6. The van der Waals surface area contributed by atoms with Crippen molar-refractivity contribution in [2.24, 2.45) is 4.99 Å². The summed E-state index contributed by atoms with van der Waals surface area (Å²) in [4.78, 5) is 5.19. The number of hydrogen-bond donors (Lipinski definition) is 3. The Balaban J connectivity index is 2.07. The van der Waals surface area contributed by atoms with Crippen LogP contribution in [-0.4, -0.2) is 24.2 Å². The van der Waals surface area contributed by atoms with Crippen LogP contribution in [-0.2, 0) is 12.1 Å². The van der Waals surface area contributed by atoms with Crippen LogP contribution in [0.15, 0.2) is 40.7 Å². The van der Waals surface area contributed by atoms with Gasteiger partial charge in [-0.15, -0.1) is 11.3 Å². The molecule has 3 N–H and O–H groups in total. The first-order valence-corrected chi connectivity index (χ1v) is 8.81. The molecule has 132 valence electrons. The molecule has 2 rings (SSSR count). The summed E-state index contributed by atoms with van der Waals surface area (Å²) < 4.78 is 13.8. The zero-order valence-corrected chi connectivity index (χ0v) is 15.0. The van der Waals surface area contributed by atoms with Crippen LogP contribution in [0, 0.1) is 17.1 Å². The summed E-state index contributed by atoms with van der Waals surface area (Å²) >= 11 is 1.48. The van der Waals surface area contributed by atoms with Crippen LogP contribution in [0.5, 0.6) is 0 Å². The number of hydrogen-bond acceptors (Lipinski definition) is 4. The summed E-state index contributed by atoms with van der Waals surface area (Å²) in [5, 5.41) is 27.5. The molecule has 1 atom stereocenters. The monoisotopic (exact) mass is 360 g/mol. The van der Waals surface area contributed by atoms with Crippen molar-refractivity contribution in [3.63, 3.8) is 0 Å². The van der Waals surface area contributed by atoms with Gasteiger partial charge < -0.3 is 15.7 Å². The molecule has 1 unspecified atom stereocenters. The molecule has 0 saturated heterocycles. The van der Waals surface area contributed by atoms with Crippen molar-refractivity contribution in [3.05, 3.63) is 57.5 Å². The highest BCUT2D eigenvalue weighted by atomic mass is 32.1. The van der Waals surface area contributed by atoms with Crippen LogP contribution in [0.4, 0.5) is 4.39 Å². The van der Waals surface area contributed by atoms with Gasteiger partial charge in [-0.05, 0) is 43.5 Å². The van der Waals surface area contributed by atoms with Crippen molar-refractivity contribution in [2.75, 3.05) is 13.1 Å². The molecule has 2 aromatic rings. The lowest BCUT2D eigenvalue weighted by molar-refractivity contribution is 0.0655. The zero-order chi connectivity index (χ0) is 18.3. The average Bonchev–Trinajstić information content (AvgIpc) is 3.14. The second kappa shape index (κ2) is 8.60. The molecule has 25 heavy (non-hydrogen) atoms. The van der Waals surface area contributed by atoms with Crippen LogP contribution >= 0.6 is 11.3 Å². The fourth-order valence-electron chi connectivity index (χ4n) is 2.20. The number of nitrogens with one attached hydrogen (secondary N) is 2. The molecule has 0 radical (unpaired) electrons. The number of halogens is 1. The standard InChI is InChI=1S/C18H21FN4OS/c1-3-21-17(23-12-18(2,24)16-5-4-8-25-16)22-11-14-9-13(10-20)6-7-15(14)19/h4-9,24H,3,11-12H2,1-2H3,(H2,21,22,23). The summed E-state index contributed by atoms with van der Waals surface area (Å²) in [6.45, 7) is 4.64. The molecular weight excluding hydrogens is 339 g/mol. The topological polar surface area (TPSA) is 80.4 Å². The molecule has 1 aromatic carbocycles. The largest absolute Gasteiger partial charge is 0.383 e. The molecule has 0 bridgehead atoms. The Morgan fingerprint density at radius 3 is 2.84 bits per heavy atom. The maximum atomic E-state index is 13.8. The molecule has 0 aliphatic heterocycles. The minimum absolute atomic E-state index is 0.0951. The van der Waals surface area contributed by atoms with Gasteiger partial charge in [0.1, 0.15) is 11.4 Å². The third kappa shape index (κ3) is 5.28. The third-order valence-electron chi connectivity index (χ3n) is 3.58. The first-order valence-electron chi connectivity index (χ1n) is 7.93. The number of thiophene rings is 1. The van der Waals surface area contributed by atoms with Gasteiger partial charge in [-0.1, -0.05) is 6.07 Å². The molecule has 0 saturated carbocycles. The van der Waals surface area contributed by atoms with Gasteiger partial charge in [-0.25, -0.2) is 9.38 Å². The molecular formula is C18H21FN4OS. The number of aliphatic imine (C=N–C) groups is 1. The van der Waals surface area contributed by atoms with E-state index in [-0.39, 0.29) is 13.1 Å². The van der Waals surface area contributed by atoms with Gasteiger partial charge in [-0.3, -0.25) is 0 Å². The normalized spacial score (nSPS) is 13.8. The summed E-state index contributed by atoms with van der Waals surface area (Å²) in [6, 6.07) is 9.95. The molecule has 0 amide bonds. The van der Waals surface area contributed by atoms with E-state index in [2.05, 4.69) is 15.6 Å². The maximum Gasteiger partial charge on any atom is 0.191 e. The van der Waals surface area contributed by atoms with E-state index in [1.54, 1.807) is 6.92 Å². The Morgan fingerprint density at radius 1 is 1.40 bits per heavy atom. The Hall–Kier alpha value is -2.43. The predicted molar refractivity (Wildman–Crippen MR) is 97.8 cm³/mol. The Morgan fingerprint density at radius 2 is 2.20 bits per heavy atom. The highest BCUT2D eigenvalue weighted by molar-refractivity contribution is 7.10. The number of nitriles is 1. The first-order chi connectivity index (χ1) is 12.0. The SMILES string of the molecule is CCNC(=NCc1cc(C#N)ccc1F)NCC(C)(O)c1cccs1. The summed E-state index contributed by atoms with van der Waals surface area (Å²) in [7, 11) is 0. The highest BCUT2D eigenvalue weighted by Gasteiger charge is 2.24. The van der Waals surface area contributed by atoms with Crippen LogP contribution in [0.3, 0.4) is 0 Å². The number of nitrogens with zero attached hydrogens (tertiary/aromatic N) is 2. The van der Waals surface area contributed by atoms with Gasteiger partial charge in [0.15, 0.2) is 5.96 Å². The Kier molecular flexibility index (Phi) is 6.51. The van der Waals surface area contributed by atoms with Crippen molar-refractivity contribution in [1.82, 2.24) is 10.6 Å². The highest BCUT2D eigenvalue weighted by Crippen LogP contribution is 2.24. The molecule has 0 aliphatic carbocycles. The lowest BCUT2D eigenvalue weighted by Crippen LogP contribution is -2.44. The van der Waals surface area contributed by atoms with Crippen LogP contribution < -0.4 is 10.6 Å². The third-order valence-corrected chi connectivity index (χ3v) is 4.70. The van der Waals surface area contributed by atoms with Crippen molar-refractivity contribution in [3.8, 4) is 6.07 Å².